The van der Waals surface area contributed by atoms with Gasteiger partial charge in [-0.05, 0) is 43.0 Å². The quantitative estimate of drug-likeness (QED) is 0.918. The normalized spacial score (nSPS) is 24.6. The summed E-state index contributed by atoms with van der Waals surface area (Å²) < 4.78 is 1.16. The first kappa shape index (κ1) is 16.0. The van der Waals surface area contributed by atoms with Gasteiger partial charge in [0.1, 0.15) is 0 Å². The molecule has 1 aromatic rings. The molecule has 1 aliphatic rings. The molecule has 2 N–H and O–H groups in total. The van der Waals surface area contributed by atoms with Crippen molar-refractivity contribution in [3.8, 4) is 0 Å². The van der Waals surface area contributed by atoms with E-state index in [0.717, 1.165) is 23.5 Å². The van der Waals surface area contributed by atoms with Gasteiger partial charge in [0.2, 0.25) is 0 Å². The topological polar surface area (TPSA) is 29.3 Å². The van der Waals surface area contributed by atoms with Crippen LogP contribution in [0, 0.1) is 5.92 Å². The Balaban J connectivity index is 0.00000162. The van der Waals surface area contributed by atoms with Crippen molar-refractivity contribution in [2.45, 2.75) is 32.4 Å². The van der Waals surface area contributed by atoms with Gasteiger partial charge >= 0.3 is 0 Å². The number of halogens is 2. The van der Waals surface area contributed by atoms with E-state index in [1.54, 1.807) is 0 Å². The Labute approximate surface area is 124 Å². The van der Waals surface area contributed by atoms with E-state index in [9.17, 15) is 0 Å². The van der Waals surface area contributed by atoms with Gasteiger partial charge in [-0.1, -0.05) is 35.0 Å². The van der Waals surface area contributed by atoms with E-state index in [-0.39, 0.29) is 12.4 Å². The van der Waals surface area contributed by atoms with Crippen molar-refractivity contribution in [2.24, 2.45) is 11.7 Å². The molecule has 0 aromatic heterocycles. The Bertz CT molecular complexity index is 373. The summed E-state index contributed by atoms with van der Waals surface area (Å²) in [5.74, 6) is 0.723. The molecule has 0 saturated carbocycles. The van der Waals surface area contributed by atoms with Crippen LogP contribution in [0.15, 0.2) is 28.7 Å². The molecule has 1 heterocycles. The number of nitrogens with zero attached hydrogens (tertiary/aromatic N) is 1. The molecule has 1 fully saturated rings. The third kappa shape index (κ3) is 3.95. The summed E-state index contributed by atoms with van der Waals surface area (Å²) in [7, 11) is 0. The van der Waals surface area contributed by atoms with E-state index in [1.807, 2.05) is 0 Å². The van der Waals surface area contributed by atoms with Gasteiger partial charge in [-0.15, -0.1) is 12.4 Å². The lowest BCUT2D eigenvalue weighted by molar-refractivity contribution is 0.0991. The molecule has 0 spiro atoms. The van der Waals surface area contributed by atoms with Gasteiger partial charge in [0.25, 0.3) is 0 Å². The van der Waals surface area contributed by atoms with E-state index in [2.05, 4.69) is 52.0 Å². The molecule has 1 saturated heterocycles. The van der Waals surface area contributed by atoms with Crippen molar-refractivity contribution in [1.82, 2.24) is 4.90 Å². The summed E-state index contributed by atoms with van der Waals surface area (Å²) in [6.45, 7) is 5.30. The Hall–Kier alpha value is -0.0900. The zero-order chi connectivity index (χ0) is 12.3. The first-order valence-electron chi connectivity index (χ1n) is 6.39. The maximum absolute atomic E-state index is 5.92. The minimum Gasteiger partial charge on any atom is -0.329 e. The highest BCUT2D eigenvalue weighted by Gasteiger charge is 2.27. The highest BCUT2D eigenvalue weighted by Crippen LogP contribution is 2.24. The van der Waals surface area contributed by atoms with Crippen LogP contribution in [0.1, 0.15) is 25.3 Å². The minimum atomic E-state index is 0. The molecule has 0 radical (unpaired) electrons. The van der Waals surface area contributed by atoms with Gasteiger partial charge in [0.15, 0.2) is 0 Å². The predicted octanol–water partition coefficient (Wildman–Crippen LogP) is 3.43. The molecule has 2 rings (SSSR count). The van der Waals surface area contributed by atoms with E-state index in [4.69, 9.17) is 5.73 Å². The highest BCUT2D eigenvalue weighted by atomic mass is 79.9. The van der Waals surface area contributed by atoms with Crippen LogP contribution in [0.5, 0.6) is 0 Å². The van der Waals surface area contributed by atoms with Gasteiger partial charge in [0, 0.05) is 23.6 Å². The summed E-state index contributed by atoms with van der Waals surface area (Å²) >= 11 is 3.53. The zero-order valence-corrected chi connectivity index (χ0v) is 13.2. The maximum atomic E-state index is 5.92. The monoisotopic (exact) mass is 332 g/mol. The number of rotatable bonds is 3. The molecule has 2 nitrogen and oxygen atoms in total. The molecule has 0 amide bonds. The SMILES string of the molecule is CC1CCCN(Cc2cccc(Br)c2)C1CN.Cl. The average molecular weight is 334 g/mol. The second-order valence-electron chi connectivity index (χ2n) is 5.02. The van der Waals surface area contributed by atoms with Crippen molar-refractivity contribution in [1.29, 1.82) is 0 Å². The minimum absolute atomic E-state index is 0. The third-order valence-corrected chi connectivity index (χ3v) is 4.24. The van der Waals surface area contributed by atoms with Gasteiger partial charge in [0.05, 0.1) is 0 Å². The van der Waals surface area contributed by atoms with Gasteiger partial charge in [-0.2, -0.15) is 0 Å². The van der Waals surface area contributed by atoms with Crippen LogP contribution >= 0.6 is 28.3 Å². The summed E-state index contributed by atoms with van der Waals surface area (Å²) in [5.41, 5.74) is 7.28. The molecule has 2 atom stereocenters. The van der Waals surface area contributed by atoms with E-state index in [0.29, 0.717) is 6.04 Å². The lowest BCUT2D eigenvalue weighted by Crippen LogP contribution is -2.47. The molecule has 4 heteroatoms. The fourth-order valence-corrected chi connectivity index (χ4v) is 3.23. The van der Waals surface area contributed by atoms with Gasteiger partial charge < -0.3 is 5.73 Å². The van der Waals surface area contributed by atoms with Crippen LogP contribution in [0.4, 0.5) is 0 Å². The summed E-state index contributed by atoms with van der Waals surface area (Å²) in [4.78, 5) is 2.54. The molecule has 102 valence electrons. The molecule has 18 heavy (non-hydrogen) atoms. The van der Waals surface area contributed by atoms with Crippen molar-refractivity contribution in [2.75, 3.05) is 13.1 Å². The Morgan fingerprint density at radius 3 is 2.89 bits per heavy atom. The van der Waals surface area contributed by atoms with Gasteiger partial charge in [-0.25, -0.2) is 0 Å². The second kappa shape index (κ2) is 7.49. The number of nitrogens with two attached hydrogens (primary N) is 1. The van der Waals surface area contributed by atoms with Crippen LogP contribution in [-0.2, 0) is 6.54 Å². The first-order chi connectivity index (χ1) is 8.20. The molecular formula is C14H22BrClN2. The third-order valence-electron chi connectivity index (χ3n) is 3.75. The second-order valence-corrected chi connectivity index (χ2v) is 5.94. The van der Waals surface area contributed by atoms with Crippen molar-refractivity contribution in [3.63, 3.8) is 0 Å². The van der Waals surface area contributed by atoms with E-state index < -0.39 is 0 Å². The van der Waals surface area contributed by atoms with Crippen LogP contribution in [0.2, 0.25) is 0 Å². The fraction of sp³-hybridized carbons (Fsp3) is 0.571. The largest absolute Gasteiger partial charge is 0.329 e. The first-order valence-corrected chi connectivity index (χ1v) is 7.18. The lowest BCUT2D eigenvalue weighted by atomic mass is 9.90. The van der Waals surface area contributed by atoms with Crippen molar-refractivity contribution in [3.05, 3.63) is 34.3 Å². The van der Waals surface area contributed by atoms with E-state index in [1.165, 1.54) is 24.9 Å². The Morgan fingerprint density at radius 1 is 1.44 bits per heavy atom. The summed E-state index contributed by atoms with van der Waals surface area (Å²) in [5, 5.41) is 0. The fourth-order valence-electron chi connectivity index (χ4n) is 2.78. The number of likely N-dealkylation sites (tertiary alicyclic amines) is 1. The Morgan fingerprint density at radius 2 is 2.22 bits per heavy atom. The smallest absolute Gasteiger partial charge is 0.0247 e. The van der Waals surface area contributed by atoms with Crippen molar-refractivity contribution < 1.29 is 0 Å². The van der Waals surface area contributed by atoms with Crippen LogP contribution < -0.4 is 5.73 Å². The standard InChI is InChI=1S/C14H21BrN2.ClH/c1-11-4-3-7-17(14(11)9-16)10-12-5-2-6-13(15)8-12;/h2,5-6,8,11,14H,3-4,7,9-10,16H2,1H3;1H. The van der Waals surface area contributed by atoms with Gasteiger partial charge in [-0.3, -0.25) is 4.90 Å². The number of piperidine rings is 1. The maximum Gasteiger partial charge on any atom is 0.0247 e. The molecular weight excluding hydrogens is 312 g/mol. The summed E-state index contributed by atoms with van der Waals surface area (Å²) in [6.07, 6.45) is 2.61. The molecule has 1 aliphatic heterocycles. The molecule has 1 aromatic carbocycles. The van der Waals surface area contributed by atoms with E-state index >= 15 is 0 Å². The van der Waals surface area contributed by atoms with Crippen LogP contribution in [0.3, 0.4) is 0 Å². The molecule has 2 unspecified atom stereocenters. The lowest BCUT2D eigenvalue weighted by Gasteiger charge is -2.39. The van der Waals surface area contributed by atoms with Crippen LogP contribution in [-0.4, -0.2) is 24.0 Å². The van der Waals surface area contributed by atoms with Crippen LogP contribution in [0.25, 0.3) is 0 Å². The number of benzene rings is 1. The van der Waals surface area contributed by atoms with Crippen molar-refractivity contribution >= 4 is 28.3 Å². The number of hydrogen-bond donors (Lipinski definition) is 1. The Kier molecular flexibility index (Phi) is 6.64. The highest BCUT2D eigenvalue weighted by molar-refractivity contribution is 9.10. The zero-order valence-electron chi connectivity index (χ0n) is 10.8. The number of hydrogen-bond acceptors (Lipinski definition) is 2. The predicted molar refractivity (Wildman–Crippen MR) is 83.0 cm³/mol. The average Bonchev–Trinajstić information content (AvgIpc) is 2.29. The summed E-state index contributed by atoms with van der Waals surface area (Å²) in [6, 6.07) is 9.11. The molecule has 0 bridgehead atoms. The molecule has 0 aliphatic carbocycles.